The fraction of sp³-hybridized carbons (Fsp3) is 0.500. The number of esters is 1. The molecule has 1 rings (SSSR count). The molecule has 0 aliphatic heterocycles. The van der Waals surface area contributed by atoms with Crippen molar-refractivity contribution in [3.8, 4) is 0 Å². The van der Waals surface area contributed by atoms with Crippen molar-refractivity contribution >= 4 is 17.6 Å². The van der Waals surface area contributed by atoms with Crippen LogP contribution in [0.4, 0.5) is 0 Å². The summed E-state index contributed by atoms with van der Waals surface area (Å²) in [5.41, 5.74) is 0.843. The second-order valence-electron chi connectivity index (χ2n) is 4.04. The summed E-state index contributed by atoms with van der Waals surface area (Å²) in [6, 6.07) is 3.76. The summed E-state index contributed by atoms with van der Waals surface area (Å²) in [4.78, 5) is 17.5. The van der Waals surface area contributed by atoms with Gasteiger partial charge in [-0.3, -0.25) is 14.7 Å². The first kappa shape index (κ1) is 13.9. The molecule has 0 aliphatic rings. The van der Waals surface area contributed by atoms with E-state index in [1.807, 2.05) is 18.7 Å². The lowest BCUT2D eigenvalue weighted by atomic mass is 10.2. The Morgan fingerprint density at radius 2 is 2.29 bits per heavy atom. The number of rotatable bonds is 5. The largest absolute Gasteiger partial charge is 0.468 e. The normalized spacial score (nSPS) is 10.9. The topological polar surface area (TPSA) is 42.4 Å². The monoisotopic (exact) mass is 256 g/mol. The van der Waals surface area contributed by atoms with Gasteiger partial charge in [-0.05, 0) is 26.0 Å². The minimum atomic E-state index is -0.249. The average Bonchev–Trinajstić information content (AvgIpc) is 2.27. The minimum Gasteiger partial charge on any atom is -0.468 e. The SMILES string of the molecule is COC(=O)CN(Cc1cc(Cl)ccn1)C(C)C. The maximum Gasteiger partial charge on any atom is 0.319 e. The minimum absolute atomic E-state index is 0.231. The van der Waals surface area contributed by atoms with Crippen LogP contribution in [0, 0.1) is 0 Å². The van der Waals surface area contributed by atoms with Crippen LogP contribution in [-0.4, -0.2) is 35.5 Å². The van der Waals surface area contributed by atoms with E-state index >= 15 is 0 Å². The Balaban J connectivity index is 2.70. The highest BCUT2D eigenvalue weighted by Gasteiger charge is 2.15. The van der Waals surface area contributed by atoms with Crippen LogP contribution in [0.25, 0.3) is 0 Å². The van der Waals surface area contributed by atoms with Crippen LogP contribution < -0.4 is 0 Å². The molecule has 0 radical (unpaired) electrons. The smallest absolute Gasteiger partial charge is 0.319 e. The van der Waals surface area contributed by atoms with E-state index in [1.165, 1.54) is 7.11 Å². The predicted molar refractivity (Wildman–Crippen MR) is 66.8 cm³/mol. The number of methoxy groups -OCH3 is 1. The molecule has 0 N–H and O–H groups in total. The first-order valence-corrected chi connectivity index (χ1v) is 5.82. The molecule has 94 valence electrons. The van der Waals surface area contributed by atoms with Gasteiger partial charge in [0.2, 0.25) is 0 Å². The molecule has 1 aromatic rings. The second-order valence-corrected chi connectivity index (χ2v) is 4.48. The Kier molecular flexibility index (Phi) is 5.38. The van der Waals surface area contributed by atoms with Gasteiger partial charge in [-0.25, -0.2) is 0 Å². The number of aromatic nitrogens is 1. The number of carbonyl (C=O) groups is 1. The molecule has 4 nitrogen and oxygen atoms in total. The molecule has 0 fully saturated rings. The van der Waals surface area contributed by atoms with Crippen molar-refractivity contribution in [1.29, 1.82) is 0 Å². The van der Waals surface area contributed by atoms with Crippen LogP contribution in [0.1, 0.15) is 19.5 Å². The van der Waals surface area contributed by atoms with Crippen molar-refractivity contribution in [1.82, 2.24) is 9.88 Å². The Morgan fingerprint density at radius 3 is 2.82 bits per heavy atom. The van der Waals surface area contributed by atoms with Gasteiger partial charge < -0.3 is 4.74 Å². The molecule has 17 heavy (non-hydrogen) atoms. The van der Waals surface area contributed by atoms with Gasteiger partial charge in [-0.1, -0.05) is 11.6 Å². The van der Waals surface area contributed by atoms with Crippen molar-refractivity contribution in [2.24, 2.45) is 0 Å². The molecule has 0 saturated heterocycles. The quantitative estimate of drug-likeness (QED) is 0.757. The van der Waals surface area contributed by atoms with Gasteiger partial charge in [0.25, 0.3) is 0 Å². The number of ether oxygens (including phenoxy) is 1. The van der Waals surface area contributed by atoms with Gasteiger partial charge in [0.1, 0.15) is 0 Å². The maximum atomic E-state index is 11.3. The lowest BCUT2D eigenvalue weighted by Crippen LogP contribution is -2.35. The van der Waals surface area contributed by atoms with Gasteiger partial charge in [0.05, 0.1) is 19.3 Å². The third kappa shape index (κ3) is 4.71. The molecule has 0 spiro atoms. The zero-order valence-electron chi connectivity index (χ0n) is 10.3. The van der Waals surface area contributed by atoms with Gasteiger partial charge in [-0.15, -0.1) is 0 Å². The molecule has 1 heterocycles. The van der Waals surface area contributed by atoms with Crippen LogP contribution >= 0.6 is 11.6 Å². The first-order valence-electron chi connectivity index (χ1n) is 5.44. The van der Waals surface area contributed by atoms with E-state index in [2.05, 4.69) is 9.72 Å². The van der Waals surface area contributed by atoms with Gasteiger partial charge in [0, 0.05) is 23.8 Å². The predicted octanol–water partition coefficient (Wildman–Crippen LogP) is 2.12. The van der Waals surface area contributed by atoms with E-state index in [0.717, 1.165) is 5.69 Å². The molecular formula is C12H17ClN2O2. The van der Waals surface area contributed by atoms with Crippen molar-refractivity contribution in [3.05, 3.63) is 29.0 Å². The molecule has 0 bridgehead atoms. The Hall–Kier alpha value is -1.13. The molecule has 0 saturated carbocycles. The van der Waals surface area contributed by atoms with E-state index < -0.39 is 0 Å². The Morgan fingerprint density at radius 1 is 1.59 bits per heavy atom. The average molecular weight is 257 g/mol. The Labute approximate surface area is 107 Å². The highest BCUT2D eigenvalue weighted by molar-refractivity contribution is 6.30. The third-order valence-corrected chi connectivity index (χ3v) is 2.67. The van der Waals surface area contributed by atoms with Crippen LogP contribution in [0.15, 0.2) is 18.3 Å². The zero-order chi connectivity index (χ0) is 12.8. The fourth-order valence-electron chi connectivity index (χ4n) is 1.39. The number of halogens is 1. The number of hydrogen-bond donors (Lipinski definition) is 0. The summed E-state index contributed by atoms with van der Waals surface area (Å²) in [5, 5.41) is 0.650. The summed E-state index contributed by atoms with van der Waals surface area (Å²) < 4.78 is 4.67. The van der Waals surface area contributed by atoms with E-state index in [9.17, 15) is 4.79 Å². The van der Waals surface area contributed by atoms with Crippen molar-refractivity contribution in [3.63, 3.8) is 0 Å². The van der Waals surface area contributed by atoms with E-state index in [1.54, 1.807) is 18.3 Å². The highest BCUT2D eigenvalue weighted by atomic mass is 35.5. The standard InChI is InChI=1S/C12H17ClN2O2/c1-9(2)15(8-12(16)17-3)7-11-6-10(13)4-5-14-11/h4-6,9H,7-8H2,1-3H3. The summed E-state index contributed by atoms with van der Waals surface area (Å²) >= 11 is 5.89. The summed E-state index contributed by atoms with van der Waals surface area (Å²) in [6.45, 7) is 4.87. The van der Waals surface area contributed by atoms with E-state index in [-0.39, 0.29) is 18.6 Å². The molecule has 0 amide bonds. The van der Waals surface area contributed by atoms with Gasteiger partial charge in [-0.2, -0.15) is 0 Å². The van der Waals surface area contributed by atoms with Crippen molar-refractivity contribution in [2.45, 2.75) is 26.4 Å². The molecule has 0 aromatic carbocycles. The number of nitrogens with zero attached hydrogens (tertiary/aromatic N) is 2. The fourth-order valence-corrected chi connectivity index (χ4v) is 1.58. The zero-order valence-corrected chi connectivity index (χ0v) is 11.1. The van der Waals surface area contributed by atoms with Crippen LogP contribution in [0.3, 0.4) is 0 Å². The first-order chi connectivity index (χ1) is 8.02. The summed E-state index contributed by atoms with van der Waals surface area (Å²) in [5.74, 6) is -0.249. The van der Waals surface area contributed by atoms with Crippen LogP contribution in [0.5, 0.6) is 0 Å². The summed E-state index contributed by atoms with van der Waals surface area (Å²) in [7, 11) is 1.39. The highest BCUT2D eigenvalue weighted by Crippen LogP contribution is 2.11. The van der Waals surface area contributed by atoms with Crippen LogP contribution in [0.2, 0.25) is 5.02 Å². The summed E-state index contributed by atoms with van der Waals surface area (Å²) in [6.07, 6.45) is 1.66. The number of hydrogen-bond acceptors (Lipinski definition) is 4. The molecule has 1 aromatic heterocycles. The number of pyridine rings is 1. The molecule has 5 heteroatoms. The number of carbonyl (C=O) groups excluding carboxylic acids is 1. The van der Waals surface area contributed by atoms with Gasteiger partial charge >= 0.3 is 5.97 Å². The maximum absolute atomic E-state index is 11.3. The third-order valence-electron chi connectivity index (χ3n) is 2.43. The van der Waals surface area contributed by atoms with E-state index in [0.29, 0.717) is 11.6 Å². The molecular weight excluding hydrogens is 240 g/mol. The molecule has 0 unspecified atom stereocenters. The molecule has 0 atom stereocenters. The Bertz CT molecular complexity index is 383. The lowest BCUT2D eigenvalue weighted by Gasteiger charge is -2.24. The lowest BCUT2D eigenvalue weighted by molar-refractivity contribution is -0.142. The van der Waals surface area contributed by atoms with Crippen LogP contribution in [-0.2, 0) is 16.1 Å². The van der Waals surface area contributed by atoms with Crippen molar-refractivity contribution < 1.29 is 9.53 Å². The van der Waals surface area contributed by atoms with E-state index in [4.69, 9.17) is 11.6 Å². The molecule has 0 aliphatic carbocycles. The van der Waals surface area contributed by atoms with Crippen molar-refractivity contribution in [2.75, 3.05) is 13.7 Å². The van der Waals surface area contributed by atoms with Gasteiger partial charge in [0.15, 0.2) is 0 Å². The second kappa shape index (κ2) is 6.57.